The highest BCUT2D eigenvalue weighted by Gasteiger charge is 1.98. The van der Waals surface area contributed by atoms with Crippen molar-refractivity contribution in [1.29, 1.82) is 0 Å². The zero-order valence-electron chi connectivity index (χ0n) is 6.73. The molecule has 0 saturated heterocycles. The van der Waals surface area contributed by atoms with Gasteiger partial charge in [-0.2, -0.15) is 0 Å². The van der Waals surface area contributed by atoms with Gasteiger partial charge >= 0.3 is 0 Å². The third kappa shape index (κ3) is 1.21. The Balaban J connectivity index is 2.45. The van der Waals surface area contributed by atoms with E-state index < -0.39 is 0 Å². The first kappa shape index (κ1) is 7.03. The molecule has 2 aromatic rings. The fraction of sp³-hybridized carbons (Fsp3) is 0.111. The van der Waals surface area contributed by atoms with E-state index in [9.17, 15) is 0 Å². The van der Waals surface area contributed by atoms with Crippen LogP contribution in [0.15, 0.2) is 31.0 Å². The number of pyridine rings is 1. The number of aromatic nitrogens is 3. The number of nitrogens with zero attached hydrogens (tertiary/aromatic N) is 3. The van der Waals surface area contributed by atoms with Crippen molar-refractivity contribution >= 4 is 0 Å². The minimum atomic E-state index is 0.930. The molecule has 0 bridgehead atoms. The van der Waals surface area contributed by atoms with E-state index in [4.69, 9.17) is 0 Å². The van der Waals surface area contributed by atoms with E-state index in [1.54, 1.807) is 18.7 Å². The molecule has 1 radical (unpaired) electrons. The maximum absolute atomic E-state index is 4.19. The van der Waals surface area contributed by atoms with E-state index >= 15 is 0 Å². The van der Waals surface area contributed by atoms with Crippen molar-refractivity contribution in [2.24, 2.45) is 7.05 Å². The summed E-state index contributed by atoms with van der Waals surface area (Å²) in [5, 5.41) is 0. The molecule has 0 N–H and O–H groups in total. The van der Waals surface area contributed by atoms with Crippen LogP contribution in [0.5, 0.6) is 0 Å². The van der Waals surface area contributed by atoms with Gasteiger partial charge in [0.15, 0.2) is 0 Å². The molecule has 0 saturated carbocycles. The molecule has 0 aliphatic rings. The van der Waals surface area contributed by atoms with Crippen LogP contribution in [0.2, 0.25) is 0 Å². The Labute approximate surface area is 70.7 Å². The van der Waals surface area contributed by atoms with Gasteiger partial charge in [0.1, 0.15) is 0 Å². The van der Waals surface area contributed by atoms with Gasteiger partial charge in [0.05, 0.1) is 12.0 Å². The molecule has 0 amide bonds. The summed E-state index contributed by atoms with van der Waals surface area (Å²) >= 11 is 0. The lowest BCUT2D eigenvalue weighted by molar-refractivity contribution is 0.913. The Kier molecular flexibility index (Phi) is 1.63. The van der Waals surface area contributed by atoms with Gasteiger partial charge in [0, 0.05) is 37.3 Å². The predicted octanol–water partition coefficient (Wildman–Crippen LogP) is 1.28. The molecule has 2 aromatic heterocycles. The van der Waals surface area contributed by atoms with Crippen molar-refractivity contribution in [2.45, 2.75) is 0 Å². The Morgan fingerprint density at radius 3 is 3.00 bits per heavy atom. The first-order valence-electron chi connectivity index (χ1n) is 3.66. The highest BCUT2D eigenvalue weighted by atomic mass is 15.0. The van der Waals surface area contributed by atoms with Crippen molar-refractivity contribution < 1.29 is 0 Å². The average molecular weight is 158 g/mol. The topological polar surface area (TPSA) is 30.7 Å². The summed E-state index contributed by atoms with van der Waals surface area (Å²) < 4.78 is 1.91. The van der Waals surface area contributed by atoms with E-state index in [1.807, 2.05) is 23.9 Å². The number of hydrogen-bond donors (Lipinski definition) is 0. The van der Waals surface area contributed by atoms with Crippen molar-refractivity contribution in [3.8, 4) is 11.3 Å². The molecule has 59 valence electrons. The molecule has 3 heteroatoms. The second kappa shape index (κ2) is 2.77. The highest BCUT2D eigenvalue weighted by molar-refractivity contribution is 5.56. The molecular weight excluding hydrogens is 150 g/mol. The fourth-order valence-corrected chi connectivity index (χ4v) is 1.03. The molecule has 12 heavy (non-hydrogen) atoms. The van der Waals surface area contributed by atoms with Crippen molar-refractivity contribution in [3.05, 3.63) is 37.1 Å². The monoisotopic (exact) mass is 158 g/mol. The van der Waals surface area contributed by atoms with Gasteiger partial charge in [0.25, 0.3) is 0 Å². The third-order valence-corrected chi connectivity index (χ3v) is 1.60. The summed E-state index contributed by atoms with van der Waals surface area (Å²) in [6, 6.07) is 4.90. The predicted molar refractivity (Wildman–Crippen MR) is 45.3 cm³/mol. The largest absolute Gasteiger partial charge is 0.340 e. The molecule has 0 aliphatic carbocycles. The van der Waals surface area contributed by atoms with Crippen LogP contribution in [0.1, 0.15) is 0 Å². The van der Waals surface area contributed by atoms with Crippen LogP contribution in [0.3, 0.4) is 0 Å². The zero-order chi connectivity index (χ0) is 8.39. The van der Waals surface area contributed by atoms with Gasteiger partial charge in [0.2, 0.25) is 0 Å². The van der Waals surface area contributed by atoms with Gasteiger partial charge in [-0.3, -0.25) is 4.98 Å². The minimum Gasteiger partial charge on any atom is -0.340 e. The van der Waals surface area contributed by atoms with Crippen LogP contribution in [-0.2, 0) is 7.05 Å². The summed E-state index contributed by atoms with van der Waals surface area (Å²) in [5.74, 6) is 0. The molecule has 3 nitrogen and oxygen atoms in total. The van der Waals surface area contributed by atoms with Gasteiger partial charge in [-0.15, -0.1) is 0 Å². The van der Waals surface area contributed by atoms with Crippen LogP contribution >= 0.6 is 0 Å². The molecule has 0 spiro atoms. The Bertz CT molecular complexity index is 364. The lowest BCUT2D eigenvalue weighted by Crippen LogP contribution is -1.79. The van der Waals surface area contributed by atoms with E-state index in [2.05, 4.69) is 16.0 Å². The van der Waals surface area contributed by atoms with Crippen LogP contribution < -0.4 is 0 Å². The van der Waals surface area contributed by atoms with Gasteiger partial charge in [-0.25, -0.2) is 4.98 Å². The summed E-state index contributed by atoms with van der Waals surface area (Å²) in [4.78, 5) is 8.08. The first-order valence-corrected chi connectivity index (χ1v) is 3.66. The SMILES string of the molecule is Cn1cnc(-c2[c]cncc2)c1. The first-order chi connectivity index (χ1) is 5.86. The molecule has 2 heterocycles. The second-order valence-electron chi connectivity index (χ2n) is 2.58. The Morgan fingerprint density at radius 1 is 1.50 bits per heavy atom. The van der Waals surface area contributed by atoms with E-state index in [1.165, 1.54) is 0 Å². The van der Waals surface area contributed by atoms with Crippen molar-refractivity contribution in [2.75, 3.05) is 0 Å². The molecule has 2 rings (SSSR count). The lowest BCUT2D eigenvalue weighted by Gasteiger charge is -1.91. The van der Waals surface area contributed by atoms with Gasteiger partial charge < -0.3 is 4.57 Å². The molecule has 0 atom stereocenters. The molecular formula is C9H8N3. The van der Waals surface area contributed by atoms with Crippen LogP contribution in [0, 0.1) is 6.07 Å². The van der Waals surface area contributed by atoms with E-state index in [0.29, 0.717) is 0 Å². The normalized spacial score (nSPS) is 10.1. The number of imidazole rings is 1. The van der Waals surface area contributed by atoms with Gasteiger partial charge in [-0.1, -0.05) is 0 Å². The quantitative estimate of drug-likeness (QED) is 0.626. The Morgan fingerprint density at radius 2 is 2.42 bits per heavy atom. The summed E-state index contributed by atoms with van der Waals surface area (Å²) in [6.45, 7) is 0. The van der Waals surface area contributed by atoms with Crippen molar-refractivity contribution in [1.82, 2.24) is 14.5 Å². The number of hydrogen-bond acceptors (Lipinski definition) is 2. The maximum Gasteiger partial charge on any atom is 0.0951 e. The highest BCUT2D eigenvalue weighted by Crippen LogP contribution is 2.13. The fourth-order valence-electron chi connectivity index (χ4n) is 1.03. The molecule has 0 unspecified atom stereocenters. The number of rotatable bonds is 1. The van der Waals surface area contributed by atoms with Crippen LogP contribution in [0.4, 0.5) is 0 Å². The van der Waals surface area contributed by atoms with Crippen LogP contribution in [0.25, 0.3) is 11.3 Å². The maximum atomic E-state index is 4.19. The van der Waals surface area contributed by atoms with Gasteiger partial charge in [-0.05, 0) is 6.07 Å². The molecule has 0 aromatic carbocycles. The minimum absolute atomic E-state index is 0.930. The smallest absolute Gasteiger partial charge is 0.0951 e. The lowest BCUT2D eigenvalue weighted by atomic mass is 10.2. The average Bonchev–Trinajstić information content (AvgIpc) is 2.54. The zero-order valence-corrected chi connectivity index (χ0v) is 6.73. The van der Waals surface area contributed by atoms with Crippen LogP contribution in [-0.4, -0.2) is 14.5 Å². The molecule has 0 fully saturated rings. The standard InChI is InChI=1S/C9H8N3/c1-12-6-9(11-7-12)8-2-4-10-5-3-8/h2,4-7H,1H3. The Hall–Kier alpha value is -1.64. The molecule has 0 aliphatic heterocycles. The second-order valence-corrected chi connectivity index (χ2v) is 2.58. The third-order valence-electron chi connectivity index (χ3n) is 1.60. The van der Waals surface area contributed by atoms with Crippen molar-refractivity contribution in [3.63, 3.8) is 0 Å². The number of aryl methyl sites for hydroxylation is 1. The van der Waals surface area contributed by atoms with E-state index in [-0.39, 0.29) is 0 Å². The summed E-state index contributed by atoms with van der Waals surface area (Å²) in [7, 11) is 1.94. The summed E-state index contributed by atoms with van der Waals surface area (Å²) in [5.41, 5.74) is 1.91. The van der Waals surface area contributed by atoms with E-state index in [0.717, 1.165) is 11.3 Å². The summed E-state index contributed by atoms with van der Waals surface area (Å²) in [6.07, 6.45) is 7.10.